The SMILES string of the molecule is CCCCCCOCC1C2CCC(O2)C1C/C=C/CCC(C)(C)/C(=N/O)OC. The molecule has 1 N–H and O–H groups in total. The molecule has 2 saturated heterocycles. The van der Waals surface area contributed by atoms with E-state index in [1.165, 1.54) is 38.5 Å². The first-order valence-electron chi connectivity index (χ1n) is 11.2. The molecule has 2 aliphatic heterocycles. The molecule has 0 aromatic rings. The molecule has 162 valence electrons. The van der Waals surface area contributed by atoms with E-state index >= 15 is 0 Å². The van der Waals surface area contributed by atoms with Gasteiger partial charge in [-0.05, 0) is 44.4 Å². The summed E-state index contributed by atoms with van der Waals surface area (Å²) >= 11 is 0. The van der Waals surface area contributed by atoms with Crippen molar-refractivity contribution >= 4 is 5.90 Å². The summed E-state index contributed by atoms with van der Waals surface area (Å²) in [5.41, 5.74) is -0.266. The van der Waals surface area contributed by atoms with E-state index in [1.807, 2.05) is 13.8 Å². The van der Waals surface area contributed by atoms with Gasteiger partial charge in [-0.2, -0.15) is 0 Å². The number of nitrogens with zero attached hydrogens (tertiary/aromatic N) is 1. The van der Waals surface area contributed by atoms with Crippen molar-refractivity contribution in [3.8, 4) is 0 Å². The Morgan fingerprint density at radius 2 is 1.89 bits per heavy atom. The van der Waals surface area contributed by atoms with Crippen molar-refractivity contribution in [2.45, 2.75) is 90.8 Å². The Hall–Kier alpha value is -1.07. The zero-order valence-corrected chi connectivity index (χ0v) is 18.4. The minimum Gasteiger partial charge on any atom is -0.482 e. The van der Waals surface area contributed by atoms with Crippen LogP contribution in [0, 0.1) is 17.3 Å². The van der Waals surface area contributed by atoms with E-state index < -0.39 is 0 Å². The smallest absolute Gasteiger partial charge is 0.230 e. The molecule has 5 heteroatoms. The average Bonchev–Trinajstić information content (AvgIpc) is 3.27. The maximum absolute atomic E-state index is 9.05. The van der Waals surface area contributed by atoms with Gasteiger partial charge < -0.3 is 19.4 Å². The maximum atomic E-state index is 9.05. The summed E-state index contributed by atoms with van der Waals surface area (Å²) in [6.07, 6.45) is 15.7. The topological polar surface area (TPSA) is 60.3 Å². The van der Waals surface area contributed by atoms with Gasteiger partial charge in [-0.25, -0.2) is 0 Å². The lowest BCUT2D eigenvalue weighted by atomic mass is 9.78. The summed E-state index contributed by atoms with van der Waals surface area (Å²) in [6.45, 7) is 8.06. The van der Waals surface area contributed by atoms with Crippen molar-refractivity contribution in [1.82, 2.24) is 0 Å². The summed E-state index contributed by atoms with van der Waals surface area (Å²) in [7, 11) is 1.55. The first-order valence-corrected chi connectivity index (χ1v) is 11.2. The number of allylic oxidation sites excluding steroid dienone is 2. The highest BCUT2D eigenvalue weighted by molar-refractivity contribution is 5.81. The number of ether oxygens (including phenoxy) is 3. The van der Waals surface area contributed by atoms with Crippen molar-refractivity contribution in [3.63, 3.8) is 0 Å². The third kappa shape index (κ3) is 6.48. The van der Waals surface area contributed by atoms with Crippen LogP contribution in [0.2, 0.25) is 0 Å². The molecule has 0 saturated carbocycles. The molecule has 0 aliphatic carbocycles. The van der Waals surface area contributed by atoms with Gasteiger partial charge in [0.2, 0.25) is 5.90 Å². The highest BCUT2D eigenvalue weighted by atomic mass is 16.5. The van der Waals surface area contributed by atoms with Gasteiger partial charge >= 0.3 is 0 Å². The van der Waals surface area contributed by atoms with E-state index in [9.17, 15) is 0 Å². The summed E-state index contributed by atoms with van der Waals surface area (Å²) in [5.74, 6) is 1.53. The highest BCUT2D eigenvalue weighted by Gasteiger charge is 2.48. The predicted octanol–water partition coefficient (Wildman–Crippen LogP) is 5.56. The van der Waals surface area contributed by atoms with E-state index in [1.54, 1.807) is 7.11 Å². The first-order chi connectivity index (χ1) is 13.5. The molecule has 0 spiro atoms. The first kappa shape index (κ1) is 23.2. The summed E-state index contributed by atoms with van der Waals surface area (Å²) in [5, 5.41) is 12.3. The molecule has 0 aromatic carbocycles. The van der Waals surface area contributed by atoms with Crippen molar-refractivity contribution < 1.29 is 19.4 Å². The minimum atomic E-state index is -0.266. The Morgan fingerprint density at radius 1 is 1.14 bits per heavy atom. The van der Waals surface area contributed by atoms with Gasteiger partial charge in [-0.1, -0.05) is 57.3 Å². The summed E-state index contributed by atoms with van der Waals surface area (Å²) < 4.78 is 17.4. The molecule has 4 atom stereocenters. The largest absolute Gasteiger partial charge is 0.482 e. The fourth-order valence-electron chi connectivity index (χ4n) is 4.65. The van der Waals surface area contributed by atoms with E-state index in [2.05, 4.69) is 24.2 Å². The standard InChI is InChI=1S/C23H41NO4/c1-5-6-7-11-16-27-17-19-18(20-13-14-21(19)28-20)12-9-8-10-15-23(2,3)22(24-25)26-4/h8-9,18-21,25H,5-7,10-17H2,1-4H3/b9-8+,24-22-. The van der Waals surface area contributed by atoms with Crippen LogP contribution in [-0.4, -0.2) is 43.6 Å². The van der Waals surface area contributed by atoms with Gasteiger partial charge in [0.25, 0.3) is 0 Å². The van der Waals surface area contributed by atoms with Crippen molar-refractivity contribution in [2.24, 2.45) is 22.4 Å². The van der Waals surface area contributed by atoms with Crippen LogP contribution in [0.15, 0.2) is 17.3 Å². The molecule has 0 amide bonds. The average molecular weight is 396 g/mol. The fourth-order valence-corrected chi connectivity index (χ4v) is 4.65. The Bertz CT molecular complexity index is 503. The Labute approximate surface area is 171 Å². The quantitative estimate of drug-likeness (QED) is 0.111. The molecular formula is C23H41NO4. The van der Waals surface area contributed by atoms with Crippen LogP contribution < -0.4 is 0 Å². The second-order valence-corrected chi connectivity index (χ2v) is 8.99. The van der Waals surface area contributed by atoms with Crippen molar-refractivity contribution in [1.29, 1.82) is 0 Å². The van der Waals surface area contributed by atoms with E-state index in [0.29, 0.717) is 29.9 Å². The molecule has 2 heterocycles. The third-order valence-electron chi connectivity index (χ3n) is 6.42. The second kappa shape index (κ2) is 11.8. The number of methoxy groups -OCH3 is 1. The number of rotatable bonds is 13. The highest BCUT2D eigenvalue weighted by Crippen LogP contribution is 2.45. The van der Waals surface area contributed by atoms with E-state index in [4.69, 9.17) is 19.4 Å². The molecule has 2 rings (SSSR count). The van der Waals surface area contributed by atoms with Gasteiger partial charge in [0.1, 0.15) is 0 Å². The zero-order chi connectivity index (χ0) is 20.4. The third-order valence-corrected chi connectivity index (χ3v) is 6.42. The lowest BCUT2D eigenvalue weighted by Crippen LogP contribution is -2.30. The Kier molecular flexibility index (Phi) is 9.80. The van der Waals surface area contributed by atoms with E-state index in [-0.39, 0.29) is 5.41 Å². The molecule has 0 aromatic heterocycles. The van der Waals surface area contributed by atoms with Crippen LogP contribution in [0.3, 0.4) is 0 Å². The van der Waals surface area contributed by atoms with Crippen molar-refractivity contribution in [3.05, 3.63) is 12.2 Å². The summed E-state index contributed by atoms with van der Waals surface area (Å²) in [4.78, 5) is 0. The molecule has 2 fully saturated rings. The van der Waals surface area contributed by atoms with Crippen molar-refractivity contribution in [2.75, 3.05) is 20.3 Å². The Morgan fingerprint density at radius 3 is 2.57 bits per heavy atom. The molecule has 2 bridgehead atoms. The molecular weight excluding hydrogens is 354 g/mol. The molecule has 28 heavy (non-hydrogen) atoms. The lowest BCUT2D eigenvalue weighted by Gasteiger charge is -2.27. The second-order valence-electron chi connectivity index (χ2n) is 8.99. The molecule has 0 radical (unpaired) electrons. The Balaban J connectivity index is 1.73. The fraction of sp³-hybridized carbons (Fsp3) is 0.870. The summed E-state index contributed by atoms with van der Waals surface area (Å²) in [6, 6.07) is 0. The lowest BCUT2D eigenvalue weighted by molar-refractivity contribution is 0.0478. The van der Waals surface area contributed by atoms with Crippen LogP contribution in [0.1, 0.15) is 78.6 Å². The predicted molar refractivity (Wildman–Crippen MR) is 113 cm³/mol. The zero-order valence-electron chi connectivity index (χ0n) is 18.4. The van der Waals surface area contributed by atoms with Gasteiger partial charge in [0.15, 0.2) is 0 Å². The monoisotopic (exact) mass is 395 g/mol. The number of hydrogen-bond donors (Lipinski definition) is 1. The number of oxime groups is 1. The van der Waals surface area contributed by atoms with Crippen LogP contribution >= 0.6 is 0 Å². The number of fused-ring (bicyclic) bond motifs is 2. The molecule has 5 nitrogen and oxygen atoms in total. The van der Waals surface area contributed by atoms with Gasteiger partial charge in [-0.15, -0.1) is 0 Å². The molecule has 2 aliphatic rings. The van der Waals surface area contributed by atoms with Crippen LogP contribution in [-0.2, 0) is 14.2 Å². The van der Waals surface area contributed by atoms with Gasteiger partial charge in [0, 0.05) is 17.9 Å². The van der Waals surface area contributed by atoms with E-state index in [0.717, 1.165) is 32.5 Å². The number of unbranched alkanes of at least 4 members (excludes halogenated alkanes) is 3. The minimum absolute atomic E-state index is 0.266. The number of hydrogen-bond acceptors (Lipinski definition) is 5. The normalized spacial score (nSPS) is 27.8. The maximum Gasteiger partial charge on any atom is 0.230 e. The van der Waals surface area contributed by atoms with Gasteiger partial charge in [-0.3, -0.25) is 0 Å². The molecule has 4 unspecified atom stereocenters. The van der Waals surface area contributed by atoms with Crippen LogP contribution in [0.4, 0.5) is 0 Å². The van der Waals surface area contributed by atoms with Crippen LogP contribution in [0.5, 0.6) is 0 Å². The van der Waals surface area contributed by atoms with Crippen LogP contribution in [0.25, 0.3) is 0 Å². The van der Waals surface area contributed by atoms with Gasteiger partial charge in [0.05, 0.1) is 25.9 Å².